The lowest BCUT2D eigenvalue weighted by Gasteiger charge is -2.29. The molecule has 3 unspecified atom stereocenters. The first-order valence-electron chi connectivity index (χ1n) is 6.35. The van der Waals surface area contributed by atoms with Gasteiger partial charge in [-0.05, 0) is 25.7 Å². The highest BCUT2D eigenvalue weighted by Gasteiger charge is 2.29. The van der Waals surface area contributed by atoms with Crippen LogP contribution in [0.2, 0.25) is 0 Å². The third-order valence-electron chi connectivity index (χ3n) is 3.21. The lowest BCUT2D eigenvalue weighted by molar-refractivity contribution is -0.125. The Morgan fingerprint density at radius 3 is 2.72 bits per heavy atom. The smallest absolute Gasteiger partial charge is 0.231 e. The Bertz CT molecular complexity index is 318. The molecule has 6 heteroatoms. The van der Waals surface area contributed by atoms with Crippen molar-refractivity contribution < 1.29 is 14.7 Å². The zero-order valence-corrected chi connectivity index (χ0v) is 11.2. The van der Waals surface area contributed by atoms with Crippen molar-refractivity contribution in [3.63, 3.8) is 0 Å². The lowest BCUT2D eigenvalue weighted by atomic mass is 9.93. The molecule has 0 radical (unpaired) electrons. The van der Waals surface area contributed by atoms with E-state index in [0.717, 1.165) is 12.8 Å². The molecule has 1 amide bonds. The van der Waals surface area contributed by atoms with Crippen molar-refractivity contribution in [2.75, 3.05) is 6.61 Å². The molecule has 104 valence electrons. The first-order valence-corrected chi connectivity index (χ1v) is 6.35. The Balaban J connectivity index is 2.61. The summed E-state index contributed by atoms with van der Waals surface area (Å²) in [4.78, 5) is 12.1. The number of carbonyl (C=O) groups excluding carboxylic acids is 1. The number of carbonyl (C=O) groups is 1. The van der Waals surface area contributed by atoms with E-state index >= 15 is 0 Å². The Kier molecular flexibility index (Phi) is 5.40. The molecule has 4 N–H and O–H groups in total. The largest absolute Gasteiger partial charge is 0.409 e. The monoisotopic (exact) mass is 257 g/mol. The van der Waals surface area contributed by atoms with Gasteiger partial charge in [0.2, 0.25) is 5.91 Å². The van der Waals surface area contributed by atoms with Crippen LogP contribution in [-0.2, 0) is 9.53 Å². The van der Waals surface area contributed by atoms with Gasteiger partial charge >= 0.3 is 0 Å². The maximum atomic E-state index is 12.1. The molecule has 18 heavy (non-hydrogen) atoms. The number of amides is 1. The van der Waals surface area contributed by atoms with Crippen molar-refractivity contribution in [3.05, 3.63) is 0 Å². The molecule has 1 rings (SSSR count). The molecule has 1 fully saturated rings. The molecular weight excluding hydrogens is 234 g/mol. The number of ether oxygens (including phenoxy) is 1. The molecule has 3 atom stereocenters. The lowest BCUT2D eigenvalue weighted by Crippen LogP contribution is -2.48. The summed E-state index contributed by atoms with van der Waals surface area (Å²) in [5.41, 5.74) is 5.57. The molecule has 6 nitrogen and oxygen atoms in total. The van der Waals surface area contributed by atoms with Crippen LogP contribution in [0.4, 0.5) is 0 Å². The number of nitrogens with one attached hydrogen (secondary N) is 1. The summed E-state index contributed by atoms with van der Waals surface area (Å²) >= 11 is 0. The summed E-state index contributed by atoms with van der Waals surface area (Å²) < 4.78 is 5.43. The number of hydrogen-bond donors (Lipinski definition) is 3. The standard InChI is InChI=1S/C12H23N3O3/c1-7(2)10(11(13)15-17)12(16)14-9-4-5-18-8(3)6-9/h7-10,17H,4-6H2,1-3H3,(H2,13,15)(H,14,16). The van der Waals surface area contributed by atoms with Gasteiger partial charge < -0.3 is 21.0 Å². The van der Waals surface area contributed by atoms with Crippen LogP contribution in [0, 0.1) is 11.8 Å². The Morgan fingerprint density at radius 1 is 1.56 bits per heavy atom. The van der Waals surface area contributed by atoms with E-state index in [1.165, 1.54) is 0 Å². The van der Waals surface area contributed by atoms with Crippen LogP contribution >= 0.6 is 0 Å². The van der Waals surface area contributed by atoms with E-state index in [1.807, 2.05) is 20.8 Å². The molecule has 0 spiro atoms. The van der Waals surface area contributed by atoms with E-state index in [4.69, 9.17) is 15.7 Å². The van der Waals surface area contributed by atoms with Crippen molar-refractivity contribution >= 4 is 11.7 Å². The van der Waals surface area contributed by atoms with E-state index < -0.39 is 5.92 Å². The van der Waals surface area contributed by atoms with Crippen molar-refractivity contribution in [3.8, 4) is 0 Å². The predicted molar refractivity (Wildman–Crippen MR) is 68.3 cm³/mol. The fourth-order valence-electron chi connectivity index (χ4n) is 2.26. The number of hydrogen-bond acceptors (Lipinski definition) is 4. The summed E-state index contributed by atoms with van der Waals surface area (Å²) in [6.07, 6.45) is 1.76. The summed E-state index contributed by atoms with van der Waals surface area (Å²) in [5, 5.41) is 14.6. The summed E-state index contributed by atoms with van der Waals surface area (Å²) in [5.74, 6) is -0.826. The predicted octanol–water partition coefficient (Wildman–Crippen LogP) is 0.689. The molecule has 0 aliphatic carbocycles. The van der Waals surface area contributed by atoms with E-state index in [1.54, 1.807) is 0 Å². The van der Waals surface area contributed by atoms with Crippen molar-refractivity contribution in [1.82, 2.24) is 5.32 Å². The van der Waals surface area contributed by atoms with Gasteiger partial charge in [0, 0.05) is 12.6 Å². The van der Waals surface area contributed by atoms with Crippen LogP contribution in [0.5, 0.6) is 0 Å². The topological polar surface area (TPSA) is 96.9 Å². The average molecular weight is 257 g/mol. The Labute approximate surface area is 108 Å². The molecule has 0 aromatic rings. The van der Waals surface area contributed by atoms with Gasteiger partial charge in [-0.15, -0.1) is 0 Å². The van der Waals surface area contributed by atoms with Crippen LogP contribution in [0.25, 0.3) is 0 Å². The van der Waals surface area contributed by atoms with Crippen LogP contribution in [0.15, 0.2) is 5.16 Å². The average Bonchev–Trinajstić information content (AvgIpc) is 2.28. The Morgan fingerprint density at radius 2 is 2.22 bits per heavy atom. The van der Waals surface area contributed by atoms with Crippen molar-refractivity contribution in [2.24, 2.45) is 22.7 Å². The second-order valence-corrected chi connectivity index (χ2v) is 5.16. The fraction of sp³-hybridized carbons (Fsp3) is 0.833. The minimum absolute atomic E-state index is 0.0156. The van der Waals surface area contributed by atoms with E-state index in [-0.39, 0.29) is 29.8 Å². The number of nitrogens with two attached hydrogens (primary N) is 1. The SMILES string of the molecule is CC1CC(NC(=O)C(C(N)=NO)C(C)C)CCO1. The molecule has 1 saturated heterocycles. The maximum Gasteiger partial charge on any atom is 0.231 e. The van der Waals surface area contributed by atoms with E-state index in [0.29, 0.717) is 6.61 Å². The number of nitrogens with zero attached hydrogens (tertiary/aromatic N) is 1. The quantitative estimate of drug-likeness (QED) is 0.299. The molecule has 0 saturated carbocycles. The maximum absolute atomic E-state index is 12.1. The molecule has 0 bridgehead atoms. The zero-order chi connectivity index (χ0) is 13.7. The van der Waals surface area contributed by atoms with Gasteiger partial charge in [-0.3, -0.25) is 4.79 Å². The fourth-order valence-corrected chi connectivity index (χ4v) is 2.26. The highest BCUT2D eigenvalue weighted by Crippen LogP contribution is 2.16. The third kappa shape index (κ3) is 3.87. The molecular formula is C12H23N3O3. The molecule has 1 aliphatic heterocycles. The normalized spacial score (nSPS) is 27.0. The molecule has 1 aliphatic rings. The second kappa shape index (κ2) is 6.58. The zero-order valence-electron chi connectivity index (χ0n) is 11.2. The molecule has 0 aromatic heterocycles. The van der Waals surface area contributed by atoms with Crippen LogP contribution in [0.1, 0.15) is 33.6 Å². The summed E-state index contributed by atoms with van der Waals surface area (Å²) in [6, 6.07) is 0.106. The van der Waals surface area contributed by atoms with Gasteiger partial charge in [-0.2, -0.15) is 0 Å². The first-order chi connectivity index (χ1) is 8.45. The van der Waals surface area contributed by atoms with Crippen LogP contribution in [-0.4, -0.2) is 35.7 Å². The molecule has 0 aromatic carbocycles. The van der Waals surface area contributed by atoms with Gasteiger partial charge in [-0.25, -0.2) is 0 Å². The Hall–Kier alpha value is -1.30. The third-order valence-corrected chi connectivity index (χ3v) is 3.21. The first kappa shape index (κ1) is 14.8. The van der Waals surface area contributed by atoms with Crippen molar-refractivity contribution in [2.45, 2.75) is 45.8 Å². The van der Waals surface area contributed by atoms with Crippen molar-refractivity contribution in [1.29, 1.82) is 0 Å². The minimum atomic E-state index is -0.590. The highest BCUT2D eigenvalue weighted by atomic mass is 16.5. The van der Waals surface area contributed by atoms with E-state index in [2.05, 4.69) is 10.5 Å². The van der Waals surface area contributed by atoms with Gasteiger partial charge in [0.05, 0.1) is 6.10 Å². The number of oxime groups is 1. The summed E-state index contributed by atoms with van der Waals surface area (Å²) in [7, 11) is 0. The van der Waals surface area contributed by atoms with E-state index in [9.17, 15) is 4.79 Å². The van der Waals surface area contributed by atoms with Gasteiger partial charge in [0.25, 0.3) is 0 Å². The number of rotatable bonds is 4. The molecule has 1 heterocycles. The van der Waals surface area contributed by atoms with Gasteiger partial charge in [0.1, 0.15) is 5.92 Å². The van der Waals surface area contributed by atoms with Crippen LogP contribution < -0.4 is 11.1 Å². The number of amidine groups is 1. The highest BCUT2D eigenvalue weighted by molar-refractivity contribution is 6.02. The van der Waals surface area contributed by atoms with Gasteiger partial charge in [-0.1, -0.05) is 19.0 Å². The summed E-state index contributed by atoms with van der Waals surface area (Å²) in [6.45, 7) is 6.38. The van der Waals surface area contributed by atoms with Crippen LogP contribution in [0.3, 0.4) is 0 Å². The second-order valence-electron chi connectivity index (χ2n) is 5.16. The van der Waals surface area contributed by atoms with Gasteiger partial charge in [0.15, 0.2) is 5.84 Å². The minimum Gasteiger partial charge on any atom is -0.409 e.